The average molecular weight is 338 g/mol. The SMILES string of the molecule is Cc1ccc(C)c(C(c2ccccc2)(c2ccccc2)n2ccnc2)c1. The van der Waals surface area contributed by atoms with Crippen LogP contribution in [-0.2, 0) is 5.54 Å². The van der Waals surface area contributed by atoms with E-state index in [4.69, 9.17) is 0 Å². The molecule has 2 heteroatoms. The fourth-order valence-electron chi connectivity index (χ4n) is 3.86. The minimum Gasteiger partial charge on any atom is -0.319 e. The van der Waals surface area contributed by atoms with Crippen molar-refractivity contribution in [2.24, 2.45) is 0 Å². The van der Waals surface area contributed by atoms with Gasteiger partial charge in [-0.1, -0.05) is 84.4 Å². The van der Waals surface area contributed by atoms with Crippen LogP contribution in [0.25, 0.3) is 0 Å². The predicted octanol–water partition coefficient (Wildman–Crippen LogP) is 5.34. The van der Waals surface area contributed by atoms with E-state index in [1.165, 1.54) is 27.8 Å². The smallest absolute Gasteiger partial charge is 0.121 e. The van der Waals surface area contributed by atoms with Crippen LogP contribution in [0.2, 0.25) is 0 Å². The summed E-state index contributed by atoms with van der Waals surface area (Å²) in [6, 6.07) is 28.1. The van der Waals surface area contributed by atoms with Crippen molar-refractivity contribution < 1.29 is 0 Å². The van der Waals surface area contributed by atoms with E-state index in [1.54, 1.807) is 0 Å². The molecule has 0 aliphatic rings. The number of hydrogen-bond donors (Lipinski definition) is 0. The summed E-state index contributed by atoms with van der Waals surface area (Å²) in [5.74, 6) is 0. The molecule has 1 aromatic heterocycles. The molecule has 2 nitrogen and oxygen atoms in total. The second-order valence-electron chi connectivity index (χ2n) is 6.73. The quantitative estimate of drug-likeness (QED) is 0.459. The molecule has 0 saturated heterocycles. The van der Waals surface area contributed by atoms with Crippen molar-refractivity contribution in [2.75, 3.05) is 0 Å². The van der Waals surface area contributed by atoms with E-state index in [0.29, 0.717) is 0 Å². The summed E-state index contributed by atoms with van der Waals surface area (Å²) in [5.41, 5.74) is 5.76. The molecule has 1 heterocycles. The van der Waals surface area contributed by atoms with Gasteiger partial charge in [-0.3, -0.25) is 0 Å². The Kier molecular flexibility index (Phi) is 4.18. The van der Waals surface area contributed by atoms with Gasteiger partial charge in [0.05, 0.1) is 6.33 Å². The van der Waals surface area contributed by atoms with E-state index in [9.17, 15) is 0 Å². The first-order valence-electron chi connectivity index (χ1n) is 8.90. The summed E-state index contributed by atoms with van der Waals surface area (Å²) < 4.78 is 2.22. The van der Waals surface area contributed by atoms with Gasteiger partial charge in [-0.05, 0) is 36.1 Å². The monoisotopic (exact) mass is 338 g/mol. The molecule has 0 amide bonds. The van der Waals surface area contributed by atoms with Gasteiger partial charge < -0.3 is 4.57 Å². The van der Waals surface area contributed by atoms with Crippen molar-refractivity contribution in [1.82, 2.24) is 9.55 Å². The van der Waals surface area contributed by atoms with E-state index >= 15 is 0 Å². The highest BCUT2D eigenvalue weighted by Crippen LogP contribution is 2.42. The van der Waals surface area contributed by atoms with Crippen LogP contribution >= 0.6 is 0 Å². The van der Waals surface area contributed by atoms with Crippen LogP contribution in [0.1, 0.15) is 27.8 Å². The first-order valence-corrected chi connectivity index (χ1v) is 8.90. The maximum absolute atomic E-state index is 4.38. The summed E-state index contributed by atoms with van der Waals surface area (Å²) in [7, 11) is 0. The summed E-state index contributed by atoms with van der Waals surface area (Å²) in [6.45, 7) is 4.34. The van der Waals surface area contributed by atoms with E-state index in [1.807, 2.05) is 12.5 Å². The van der Waals surface area contributed by atoms with Crippen LogP contribution in [0.3, 0.4) is 0 Å². The van der Waals surface area contributed by atoms with E-state index in [0.717, 1.165) is 0 Å². The van der Waals surface area contributed by atoms with E-state index < -0.39 is 5.54 Å². The second kappa shape index (κ2) is 6.64. The lowest BCUT2D eigenvalue weighted by Crippen LogP contribution is -2.37. The lowest BCUT2D eigenvalue weighted by molar-refractivity contribution is 0.511. The highest BCUT2D eigenvalue weighted by molar-refractivity contribution is 5.53. The fourth-order valence-corrected chi connectivity index (χ4v) is 3.86. The molecule has 0 spiro atoms. The molecule has 0 atom stereocenters. The Morgan fingerprint density at radius 2 is 1.38 bits per heavy atom. The number of rotatable bonds is 4. The third-order valence-corrected chi connectivity index (χ3v) is 5.06. The van der Waals surface area contributed by atoms with Crippen molar-refractivity contribution in [1.29, 1.82) is 0 Å². The zero-order valence-corrected chi connectivity index (χ0v) is 15.1. The molecule has 3 aromatic carbocycles. The molecule has 0 aliphatic heterocycles. The molecule has 128 valence electrons. The van der Waals surface area contributed by atoms with Gasteiger partial charge in [-0.2, -0.15) is 0 Å². The maximum Gasteiger partial charge on any atom is 0.121 e. The lowest BCUT2D eigenvalue weighted by atomic mass is 9.74. The van der Waals surface area contributed by atoms with Gasteiger partial charge in [0.1, 0.15) is 5.54 Å². The third-order valence-electron chi connectivity index (χ3n) is 5.06. The standard InChI is InChI=1S/C24H22N2/c1-19-13-14-20(2)23(17-19)24(26-16-15-25-18-26,21-9-5-3-6-10-21)22-11-7-4-8-12-22/h3-18H,1-2H3. The molecule has 0 fully saturated rings. The molecule has 0 aliphatic carbocycles. The minimum atomic E-state index is -0.463. The van der Waals surface area contributed by atoms with Crippen LogP contribution in [-0.4, -0.2) is 9.55 Å². The van der Waals surface area contributed by atoms with Crippen LogP contribution < -0.4 is 0 Å². The normalized spacial score (nSPS) is 11.5. The van der Waals surface area contributed by atoms with Gasteiger partial charge in [0.25, 0.3) is 0 Å². The van der Waals surface area contributed by atoms with Crippen LogP contribution in [0.5, 0.6) is 0 Å². The predicted molar refractivity (Wildman–Crippen MR) is 106 cm³/mol. The van der Waals surface area contributed by atoms with Gasteiger partial charge in [0, 0.05) is 12.4 Å². The van der Waals surface area contributed by atoms with Gasteiger partial charge in [0.2, 0.25) is 0 Å². The van der Waals surface area contributed by atoms with Crippen molar-refractivity contribution in [3.05, 3.63) is 125 Å². The summed E-state index contributed by atoms with van der Waals surface area (Å²) in [6.07, 6.45) is 5.83. The Morgan fingerprint density at radius 1 is 0.769 bits per heavy atom. The van der Waals surface area contributed by atoms with Crippen molar-refractivity contribution in [3.8, 4) is 0 Å². The summed E-state index contributed by atoms with van der Waals surface area (Å²) in [5, 5.41) is 0. The van der Waals surface area contributed by atoms with Crippen LogP contribution in [0, 0.1) is 13.8 Å². The van der Waals surface area contributed by atoms with Gasteiger partial charge in [-0.15, -0.1) is 0 Å². The van der Waals surface area contributed by atoms with Crippen molar-refractivity contribution in [3.63, 3.8) is 0 Å². The third kappa shape index (κ3) is 2.55. The second-order valence-corrected chi connectivity index (χ2v) is 6.73. The molecule has 4 rings (SSSR count). The number of hydrogen-bond acceptors (Lipinski definition) is 1. The molecular formula is C24H22N2. The number of aromatic nitrogens is 2. The highest BCUT2D eigenvalue weighted by atomic mass is 15.1. The first kappa shape index (κ1) is 16.3. The zero-order chi connectivity index (χ0) is 18.0. The zero-order valence-electron chi connectivity index (χ0n) is 15.1. The lowest BCUT2D eigenvalue weighted by Gasteiger charge is -2.38. The molecule has 4 aromatic rings. The van der Waals surface area contributed by atoms with Crippen LogP contribution in [0.4, 0.5) is 0 Å². The Balaban J connectivity index is 2.17. The minimum absolute atomic E-state index is 0.463. The molecule has 0 radical (unpaired) electrons. The Hall–Kier alpha value is -3.13. The van der Waals surface area contributed by atoms with E-state index in [2.05, 4.69) is 108 Å². The van der Waals surface area contributed by atoms with Crippen molar-refractivity contribution >= 4 is 0 Å². The van der Waals surface area contributed by atoms with Gasteiger partial charge in [0.15, 0.2) is 0 Å². The molecule has 0 N–H and O–H groups in total. The Morgan fingerprint density at radius 3 is 1.92 bits per heavy atom. The largest absolute Gasteiger partial charge is 0.319 e. The topological polar surface area (TPSA) is 17.8 Å². The van der Waals surface area contributed by atoms with Crippen molar-refractivity contribution in [2.45, 2.75) is 19.4 Å². The van der Waals surface area contributed by atoms with E-state index in [-0.39, 0.29) is 0 Å². The Labute approximate surface area is 154 Å². The number of nitrogens with zero attached hydrogens (tertiary/aromatic N) is 2. The van der Waals surface area contributed by atoms with Crippen LogP contribution in [0.15, 0.2) is 97.6 Å². The summed E-state index contributed by atoms with van der Waals surface area (Å²) >= 11 is 0. The molecule has 0 bridgehead atoms. The number of imidazole rings is 1. The first-order chi connectivity index (χ1) is 12.7. The Bertz CT molecular complexity index is 948. The highest BCUT2D eigenvalue weighted by Gasteiger charge is 2.39. The van der Waals surface area contributed by atoms with Gasteiger partial charge in [-0.25, -0.2) is 4.98 Å². The maximum atomic E-state index is 4.38. The number of benzene rings is 3. The van der Waals surface area contributed by atoms with Gasteiger partial charge >= 0.3 is 0 Å². The molecule has 0 saturated carbocycles. The summed E-state index contributed by atoms with van der Waals surface area (Å²) in [4.78, 5) is 4.38. The average Bonchev–Trinajstić information content (AvgIpc) is 3.22. The molecular weight excluding hydrogens is 316 g/mol. The fraction of sp³-hybridized carbons (Fsp3) is 0.125. The molecule has 26 heavy (non-hydrogen) atoms. The molecule has 0 unspecified atom stereocenters. The number of aryl methyl sites for hydroxylation is 2.